The van der Waals surface area contributed by atoms with E-state index in [0.29, 0.717) is 0 Å². The van der Waals surface area contributed by atoms with E-state index in [9.17, 15) is 0 Å². The predicted octanol–water partition coefficient (Wildman–Crippen LogP) is 7.25. The number of rotatable bonds is 8. The zero-order valence-electron chi connectivity index (χ0n) is 12.6. The van der Waals surface area contributed by atoms with Crippen molar-refractivity contribution in [3.05, 3.63) is 18.4 Å². The zero-order chi connectivity index (χ0) is 14.2. The Bertz CT molecular complexity index is 298. The van der Waals surface area contributed by atoms with E-state index in [1.807, 2.05) is 0 Å². The van der Waals surface area contributed by atoms with Crippen molar-refractivity contribution in [3.8, 4) is 0 Å². The molecule has 0 saturated carbocycles. The van der Waals surface area contributed by atoms with Crippen molar-refractivity contribution in [2.24, 2.45) is 0 Å². The molecule has 0 nitrogen and oxygen atoms in total. The molecule has 18 heavy (non-hydrogen) atoms. The minimum absolute atomic E-state index is 1.13. The molecule has 0 rings (SSSR count). The first kappa shape index (κ1) is 19.2. The van der Waals surface area contributed by atoms with Crippen molar-refractivity contribution >= 4 is 53.3 Å². The first-order valence-corrected chi connectivity index (χ1v) is 12.7. The molecule has 0 aromatic carbocycles. The Morgan fingerprint density at radius 2 is 1.44 bits per heavy atom. The minimum Gasteiger partial charge on any atom is -0.0654 e. The van der Waals surface area contributed by atoms with Gasteiger partial charge in [0.25, 0.3) is 0 Å². The summed E-state index contributed by atoms with van der Waals surface area (Å²) in [5.41, 5.74) is 1.61. The van der Waals surface area contributed by atoms with Gasteiger partial charge in [-0.05, 0) is 60.6 Å². The van der Waals surface area contributed by atoms with Gasteiger partial charge in [-0.2, -0.15) is 0 Å². The molecule has 0 saturated heterocycles. The van der Waals surface area contributed by atoms with Crippen molar-refractivity contribution < 1.29 is 0 Å². The third-order valence-electron chi connectivity index (χ3n) is 2.92. The van der Waals surface area contributed by atoms with E-state index in [2.05, 4.69) is 84.7 Å². The van der Waals surface area contributed by atoms with Gasteiger partial charge < -0.3 is 0 Å². The fourth-order valence-corrected chi connectivity index (χ4v) is 3.31. The number of hydrogen-bond acceptors (Lipinski definition) is 0. The number of halogens is 2. The molecule has 0 atom stereocenters. The largest absolute Gasteiger partial charge is 0.0854 e. The van der Waals surface area contributed by atoms with Gasteiger partial charge >= 0.3 is 0 Å². The van der Waals surface area contributed by atoms with E-state index in [4.69, 9.17) is 0 Å². The molecular formula is C15H28I2Si. The molecule has 0 bridgehead atoms. The fourth-order valence-electron chi connectivity index (χ4n) is 1.52. The van der Waals surface area contributed by atoms with Crippen molar-refractivity contribution in [2.45, 2.75) is 72.0 Å². The average Bonchev–Trinajstić information content (AvgIpc) is 2.29. The second-order valence-electron chi connectivity index (χ2n) is 5.88. The third kappa shape index (κ3) is 8.35. The van der Waals surface area contributed by atoms with Gasteiger partial charge in [-0.3, -0.25) is 0 Å². The molecule has 0 aliphatic rings. The first-order valence-electron chi connectivity index (χ1n) is 7.08. The lowest BCUT2D eigenvalue weighted by Crippen LogP contribution is -2.20. The summed E-state index contributed by atoms with van der Waals surface area (Å²) < 4.78 is 3.20. The molecule has 0 fully saturated rings. The molecule has 0 N–H and O–H groups in total. The molecule has 3 heteroatoms. The van der Waals surface area contributed by atoms with Gasteiger partial charge in [0.15, 0.2) is 0 Å². The molecule has 106 valence electrons. The van der Waals surface area contributed by atoms with Crippen LogP contribution in [-0.2, 0) is 0 Å². The lowest BCUT2D eigenvalue weighted by atomic mass is 10.1. The Morgan fingerprint density at radius 3 is 1.89 bits per heavy atom. The molecule has 0 amide bonds. The van der Waals surface area contributed by atoms with Crippen LogP contribution in [0.4, 0.5) is 0 Å². The fraction of sp³-hybridized carbons (Fsp3) is 0.733. The molecule has 0 aromatic rings. The van der Waals surface area contributed by atoms with Crippen LogP contribution in [-0.4, -0.2) is 8.07 Å². The summed E-state index contributed by atoms with van der Waals surface area (Å²) in [6.07, 6.45) is 10.3. The molecule has 0 aliphatic heterocycles. The van der Waals surface area contributed by atoms with E-state index in [0.717, 1.165) is 0 Å². The lowest BCUT2D eigenvalue weighted by Gasteiger charge is -2.17. The molecule has 0 aromatic heterocycles. The van der Waals surface area contributed by atoms with Crippen molar-refractivity contribution in [1.82, 2.24) is 0 Å². The molecule has 0 unspecified atom stereocenters. The topological polar surface area (TPSA) is 0 Å². The van der Waals surface area contributed by atoms with Crippen LogP contribution in [0.25, 0.3) is 0 Å². The Kier molecular flexibility index (Phi) is 10.6. The highest BCUT2D eigenvalue weighted by Crippen LogP contribution is 2.29. The van der Waals surface area contributed by atoms with Gasteiger partial charge in [0.2, 0.25) is 0 Å². The van der Waals surface area contributed by atoms with E-state index >= 15 is 0 Å². The maximum Gasteiger partial charge on any atom is 0.0854 e. The van der Waals surface area contributed by atoms with Crippen molar-refractivity contribution in [2.75, 3.05) is 0 Å². The van der Waals surface area contributed by atoms with Gasteiger partial charge in [-0.1, -0.05) is 75.0 Å². The predicted molar refractivity (Wildman–Crippen MR) is 106 cm³/mol. The summed E-state index contributed by atoms with van der Waals surface area (Å²) in [4.78, 5) is 0. The molecular weight excluding hydrogens is 462 g/mol. The molecule has 0 aliphatic carbocycles. The smallest absolute Gasteiger partial charge is 0.0654 e. The van der Waals surface area contributed by atoms with Crippen LogP contribution in [0.1, 0.15) is 52.4 Å². The Hall–Kier alpha value is 1.16. The van der Waals surface area contributed by atoms with Crippen LogP contribution in [0.15, 0.2) is 18.4 Å². The summed E-state index contributed by atoms with van der Waals surface area (Å²) in [5.74, 6) is 0. The molecule has 0 spiro atoms. The normalized spacial score (nSPS) is 14.7. The second-order valence-corrected chi connectivity index (χ2v) is 14.4. The van der Waals surface area contributed by atoms with Gasteiger partial charge in [0.05, 0.1) is 8.07 Å². The quantitative estimate of drug-likeness (QED) is 0.191. The molecule has 0 radical (unpaired) electrons. The minimum atomic E-state index is -1.13. The van der Waals surface area contributed by atoms with Gasteiger partial charge in [0.1, 0.15) is 0 Å². The number of hydrogen-bond donors (Lipinski definition) is 0. The van der Waals surface area contributed by atoms with Gasteiger partial charge in [0, 0.05) is 0 Å². The second kappa shape index (κ2) is 9.97. The van der Waals surface area contributed by atoms with Crippen LogP contribution in [0.5, 0.6) is 0 Å². The standard InChI is InChI=1S/C15H28I2Si/c1-6-8-10-13(14(16)11-9-7-2)12-15(17)18(3,4)5/h12H,6-11H2,1-5H3/b14-13+,15-12-. The van der Waals surface area contributed by atoms with E-state index in [1.54, 1.807) is 12.4 Å². The SMILES string of the molecule is CCCC/C(I)=C(\C=C(\I)[Si](C)(C)C)CCCC. The summed E-state index contributed by atoms with van der Waals surface area (Å²) in [7, 11) is -1.13. The van der Waals surface area contributed by atoms with Crippen LogP contribution in [0.2, 0.25) is 19.6 Å². The number of unbranched alkanes of at least 4 members (excludes halogenated alkanes) is 2. The van der Waals surface area contributed by atoms with Gasteiger partial charge in [-0.15, -0.1) is 0 Å². The summed E-state index contributed by atoms with van der Waals surface area (Å²) in [6.45, 7) is 11.9. The average molecular weight is 490 g/mol. The summed E-state index contributed by atoms with van der Waals surface area (Å²) in [5, 5.41) is 0. The summed E-state index contributed by atoms with van der Waals surface area (Å²) >= 11 is 5.15. The van der Waals surface area contributed by atoms with Crippen LogP contribution < -0.4 is 0 Å². The zero-order valence-corrected chi connectivity index (χ0v) is 17.9. The number of allylic oxidation sites excluding steroid dienone is 3. The maximum absolute atomic E-state index is 2.58. The highest BCUT2D eigenvalue weighted by atomic mass is 127. The Balaban J connectivity index is 4.99. The van der Waals surface area contributed by atoms with Crippen LogP contribution in [0, 0.1) is 0 Å². The van der Waals surface area contributed by atoms with Gasteiger partial charge in [-0.25, -0.2) is 0 Å². The van der Waals surface area contributed by atoms with Crippen LogP contribution >= 0.6 is 45.2 Å². The highest BCUT2D eigenvalue weighted by molar-refractivity contribution is 14.1. The van der Waals surface area contributed by atoms with E-state index in [-0.39, 0.29) is 0 Å². The van der Waals surface area contributed by atoms with E-state index in [1.165, 1.54) is 38.5 Å². The Morgan fingerprint density at radius 1 is 0.944 bits per heavy atom. The lowest BCUT2D eigenvalue weighted by molar-refractivity contribution is 0.776. The maximum atomic E-state index is 2.58. The van der Waals surface area contributed by atoms with Crippen molar-refractivity contribution in [1.29, 1.82) is 0 Å². The van der Waals surface area contributed by atoms with E-state index < -0.39 is 8.07 Å². The Labute approximate surface area is 142 Å². The highest BCUT2D eigenvalue weighted by Gasteiger charge is 2.17. The van der Waals surface area contributed by atoms with Crippen LogP contribution in [0.3, 0.4) is 0 Å². The summed E-state index contributed by atoms with van der Waals surface area (Å²) in [6, 6.07) is 0. The molecule has 0 heterocycles. The monoisotopic (exact) mass is 490 g/mol. The first-order chi connectivity index (χ1) is 8.32. The third-order valence-corrected chi connectivity index (χ3v) is 10.9. The van der Waals surface area contributed by atoms with Crippen molar-refractivity contribution in [3.63, 3.8) is 0 Å².